The number of halogens is 5. The van der Waals surface area contributed by atoms with Crippen molar-refractivity contribution in [2.24, 2.45) is 5.10 Å². The van der Waals surface area contributed by atoms with Crippen LogP contribution in [0.1, 0.15) is 18.1 Å². The minimum Gasteiger partial charge on any atom is -0.261 e. The molecule has 3 aromatic rings. The van der Waals surface area contributed by atoms with Gasteiger partial charge in [0.15, 0.2) is 34.9 Å². The van der Waals surface area contributed by atoms with Crippen LogP contribution in [0.3, 0.4) is 0 Å². The number of anilines is 1. The first kappa shape index (κ1) is 18.4. The number of nitrogens with zero attached hydrogens (tertiary/aromatic N) is 5. The fourth-order valence-corrected chi connectivity index (χ4v) is 2.19. The molecule has 0 saturated heterocycles. The van der Waals surface area contributed by atoms with Gasteiger partial charge in [0.2, 0.25) is 5.82 Å². The van der Waals surface area contributed by atoms with Gasteiger partial charge >= 0.3 is 0 Å². The zero-order chi connectivity index (χ0) is 19.7. The van der Waals surface area contributed by atoms with Gasteiger partial charge in [-0.15, -0.1) is 0 Å². The lowest BCUT2D eigenvalue weighted by molar-refractivity contribution is 0.377. The largest absolute Gasteiger partial charge is 0.261 e. The molecule has 2 aromatic heterocycles. The van der Waals surface area contributed by atoms with Crippen molar-refractivity contribution in [3.05, 3.63) is 65.0 Å². The molecule has 140 valence electrons. The van der Waals surface area contributed by atoms with Gasteiger partial charge in [0.05, 0.1) is 17.5 Å². The lowest BCUT2D eigenvalue weighted by atomic mass is 10.1. The summed E-state index contributed by atoms with van der Waals surface area (Å²) in [6.45, 7) is 2.92. The minimum atomic E-state index is -2.23. The van der Waals surface area contributed by atoms with Crippen LogP contribution in [0, 0.1) is 36.0 Å². The first-order valence-corrected chi connectivity index (χ1v) is 7.45. The molecule has 11 heteroatoms. The molecule has 0 unspecified atom stereocenters. The molecular formula is C16H11F5N6. The van der Waals surface area contributed by atoms with Crippen LogP contribution in [0.25, 0.3) is 5.82 Å². The Kier molecular flexibility index (Phi) is 4.84. The summed E-state index contributed by atoms with van der Waals surface area (Å²) in [5.41, 5.74) is 1.69. The summed E-state index contributed by atoms with van der Waals surface area (Å²) in [4.78, 5) is 7.87. The number of aromatic nitrogens is 4. The Morgan fingerprint density at radius 2 is 1.63 bits per heavy atom. The van der Waals surface area contributed by atoms with Gasteiger partial charge in [-0.2, -0.15) is 10.2 Å². The molecule has 3 rings (SSSR count). The Balaban J connectivity index is 1.91. The van der Waals surface area contributed by atoms with Crippen molar-refractivity contribution in [2.45, 2.75) is 13.8 Å². The highest BCUT2D eigenvalue weighted by molar-refractivity contribution is 5.99. The van der Waals surface area contributed by atoms with Crippen LogP contribution >= 0.6 is 0 Å². The van der Waals surface area contributed by atoms with E-state index in [1.54, 1.807) is 12.4 Å². The summed E-state index contributed by atoms with van der Waals surface area (Å²) in [6.07, 6.45) is 4.51. The maximum atomic E-state index is 13.8. The number of benzene rings is 1. The SMILES string of the molecule is CC(=NNc1cc(-n2cc(C)cn2)ncn1)c1c(F)c(F)c(F)c(F)c1F. The van der Waals surface area contributed by atoms with E-state index in [1.807, 2.05) is 6.92 Å². The summed E-state index contributed by atoms with van der Waals surface area (Å²) in [5, 5.41) is 7.71. The molecule has 0 saturated carbocycles. The van der Waals surface area contributed by atoms with Crippen LogP contribution in [0.5, 0.6) is 0 Å². The summed E-state index contributed by atoms with van der Waals surface area (Å²) in [6, 6.07) is 1.43. The predicted molar refractivity (Wildman–Crippen MR) is 86.0 cm³/mol. The lowest BCUT2D eigenvalue weighted by Gasteiger charge is -2.08. The van der Waals surface area contributed by atoms with Gasteiger partial charge < -0.3 is 0 Å². The summed E-state index contributed by atoms with van der Waals surface area (Å²) >= 11 is 0. The Labute approximate surface area is 149 Å². The molecule has 2 heterocycles. The second kappa shape index (κ2) is 7.09. The molecule has 6 nitrogen and oxygen atoms in total. The van der Waals surface area contributed by atoms with E-state index in [1.165, 1.54) is 17.1 Å². The fraction of sp³-hybridized carbons (Fsp3) is 0.125. The normalized spacial score (nSPS) is 11.7. The molecule has 0 atom stereocenters. The van der Waals surface area contributed by atoms with Crippen molar-refractivity contribution >= 4 is 11.5 Å². The van der Waals surface area contributed by atoms with Crippen molar-refractivity contribution in [3.8, 4) is 5.82 Å². The third-order valence-corrected chi connectivity index (χ3v) is 3.51. The van der Waals surface area contributed by atoms with Gasteiger partial charge in [-0.25, -0.2) is 36.6 Å². The minimum absolute atomic E-state index is 0.122. The standard InChI is InChI=1S/C16H11F5N6/c1-7-4-24-27(5-7)10-3-9(22-6-23-10)26-25-8(2)11-12(17)14(19)16(21)15(20)13(11)18/h3-6H,1-2H3,(H,22,23,26). The summed E-state index contributed by atoms with van der Waals surface area (Å²) in [7, 11) is 0. The Hall–Kier alpha value is -3.37. The molecule has 1 aromatic carbocycles. The van der Waals surface area contributed by atoms with Gasteiger partial charge in [0.1, 0.15) is 6.33 Å². The Bertz CT molecular complexity index is 1020. The molecule has 0 bridgehead atoms. The first-order valence-electron chi connectivity index (χ1n) is 7.45. The topological polar surface area (TPSA) is 68.0 Å². The highest BCUT2D eigenvalue weighted by Crippen LogP contribution is 2.23. The highest BCUT2D eigenvalue weighted by atomic mass is 19.2. The van der Waals surface area contributed by atoms with E-state index in [0.717, 1.165) is 12.5 Å². The number of hydrazone groups is 1. The molecule has 0 amide bonds. The third kappa shape index (κ3) is 3.48. The predicted octanol–water partition coefficient (Wildman–Crippen LogP) is 3.50. The average Bonchev–Trinajstić information content (AvgIpc) is 3.10. The van der Waals surface area contributed by atoms with E-state index in [0.29, 0.717) is 5.82 Å². The molecule has 0 fully saturated rings. The van der Waals surface area contributed by atoms with Crippen molar-refractivity contribution in [1.82, 2.24) is 19.7 Å². The van der Waals surface area contributed by atoms with E-state index in [-0.39, 0.29) is 5.82 Å². The van der Waals surface area contributed by atoms with Crippen LogP contribution in [-0.2, 0) is 0 Å². The molecule has 0 radical (unpaired) electrons. The third-order valence-electron chi connectivity index (χ3n) is 3.51. The van der Waals surface area contributed by atoms with Gasteiger partial charge in [0.25, 0.3) is 0 Å². The monoisotopic (exact) mass is 382 g/mol. The van der Waals surface area contributed by atoms with E-state index in [4.69, 9.17) is 0 Å². The van der Waals surface area contributed by atoms with E-state index >= 15 is 0 Å². The zero-order valence-electron chi connectivity index (χ0n) is 13.9. The number of aryl methyl sites for hydroxylation is 1. The van der Waals surface area contributed by atoms with Crippen molar-refractivity contribution in [1.29, 1.82) is 0 Å². The number of hydrogen-bond donors (Lipinski definition) is 1. The Morgan fingerprint density at radius 3 is 2.22 bits per heavy atom. The number of rotatable bonds is 4. The summed E-state index contributed by atoms with van der Waals surface area (Å²) in [5.74, 6) is -9.76. The second-order valence-corrected chi connectivity index (χ2v) is 5.48. The van der Waals surface area contributed by atoms with Crippen LogP contribution < -0.4 is 5.43 Å². The van der Waals surface area contributed by atoms with Gasteiger partial charge in [-0.3, -0.25) is 5.43 Å². The van der Waals surface area contributed by atoms with E-state index < -0.39 is 40.4 Å². The van der Waals surface area contributed by atoms with Gasteiger partial charge in [0, 0.05) is 12.3 Å². The molecule has 0 aliphatic rings. The van der Waals surface area contributed by atoms with Gasteiger partial charge in [-0.1, -0.05) is 0 Å². The zero-order valence-corrected chi connectivity index (χ0v) is 13.9. The number of nitrogens with one attached hydrogen (secondary N) is 1. The van der Waals surface area contributed by atoms with Crippen molar-refractivity contribution < 1.29 is 22.0 Å². The second-order valence-electron chi connectivity index (χ2n) is 5.48. The van der Waals surface area contributed by atoms with Crippen molar-refractivity contribution in [3.63, 3.8) is 0 Å². The van der Waals surface area contributed by atoms with Crippen LogP contribution in [0.4, 0.5) is 27.8 Å². The van der Waals surface area contributed by atoms with Crippen molar-refractivity contribution in [2.75, 3.05) is 5.43 Å². The van der Waals surface area contributed by atoms with Crippen LogP contribution in [-0.4, -0.2) is 25.5 Å². The molecule has 27 heavy (non-hydrogen) atoms. The summed E-state index contributed by atoms with van der Waals surface area (Å²) < 4.78 is 68.8. The molecule has 0 aliphatic heterocycles. The lowest BCUT2D eigenvalue weighted by Crippen LogP contribution is -2.12. The molecular weight excluding hydrogens is 371 g/mol. The van der Waals surface area contributed by atoms with Crippen LogP contribution in [0.2, 0.25) is 0 Å². The van der Waals surface area contributed by atoms with Gasteiger partial charge in [-0.05, 0) is 19.4 Å². The fourth-order valence-electron chi connectivity index (χ4n) is 2.19. The first-order chi connectivity index (χ1) is 12.8. The Morgan fingerprint density at radius 1 is 1.00 bits per heavy atom. The molecule has 0 aliphatic carbocycles. The maximum Gasteiger partial charge on any atom is 0.200 e. The van der Waals surface area contributed by atoms with E-state index in [2.05, 4.69) is 25.6 Å². The maximum absolute atomic E-state index is 13.8. The van der Waals surface area contributed by atoms with E-state index in [9.17, 15) is 22.0 Å². The average molecular weight is 382 g/mol. The van der Waals surface area contributed by atoms with Crippen LogP contribution in [0.15, 0.2) is 29.9 Å². The number of hydrogen-bond acceptors (Lipinski definition) is 5. The quantitative estimate of drug-likeness (QED) is 0.247. The molecule has 0 spiro atoms. The smallest absolute Gasteiger partial charge is 0.200 e. The highest BCUT2D eigenvalue weighted by Gasteiger charge is 2.27. The molecule has 1 N–H and O–H groups in total.